The highest BCUT2D eigenvalue weighted by atomic mass is 127. The fraction of sp³-hybridized carbons (Fsp3) is 0.385. The van der Waals surface area contributed by atoms with Crippen LogP contribution in [0.25, 0.3) is 0 Å². The van der Waals surface area contributed by atoms with Crippen LogP contribution in [0.4, 0.5) is 26.3 Å². The number of esters is 2. The van der Waals surface area contributed by atoms with Gasteiger partial charge in [0.1, 0.15) is 13.2 Å². The van der Waals surface area contributed by atoms with Crippen molar-refractivity contribution in [2.75, 3.05) is 13.2 Å². The van der Waals surface area contributed by atoms with E-state index in [-0.39, 0.29) is 5.56 Å². The van der Waals surface area contributed by atoms with Crippen LogP contribution in [-0.2, 0) is 14.3 Å². The number of rotatable bonds is 5. The molecular formula is C13H8F6IO5-. The lowest BCUT2D eigenvalue weighted by molar-refractivity contribution is -0.574. The topological polar surface area (TPSA) is 75.7 Å². The Morgan fingerprint density at radius 3 is 1.80 bits per heavy atom. The van der Waals surface area contributed by atoms with E-state index in [0.717, 1.165) is 3.57 Å². The second-order valence-electron chi connectivity index (χ2n) is 4.46. The molecule has 0 fully saturated rings. The van der Waals surface area contributed by atoms with E-state index in [0.29, 0.717) is 0 Å². The van der Waals surface area contributed by atoms with E-state index in [1.165, 1.54) is 12.1 Å². The molecule has 0 heterocycles. The van der Waals surface area contributed by atoms with Crippen molar-refractivity contribution in [3.05, 3.63) is 33.4 Å². The fourth-order valence-electron chi connectivity index (χ4n) is 1.43. The number of ether oxygens (including phenoxy) is 2. The fourth-order valence-corrected chi connectivity index (χ4v) is 1.79. The van der Waals surface area contributed by atoms with Gasteiger partial charge in [-0.15, -0.1) is 0 Å². The lowest BCUT2D eigenvalue weighted by Gasteiger charge is -2.40. The highest BCUT2D eigenvalue weighted by Gasteiger charge is 2.68. The lowest BCUT2D eigenvalue weighted by Crippen LogP contribution is -2.71. The summed E-state index contributed by atoms with van der Waals surface area (Å²) in [5.74, 6) is -4.01. The first kappa shape index (κ1) is 21.5. The van der Waals surface area contributed by atoms with E-state index < -0.39 is 43.1 Å². The normalized spacial score (nSPS) is 12.6. The Morgan fingerprint density at radius 1 is 0.920 bits per heavy atom. The third-order valence-electron chi connectivity index (χ3n) is 2.72. The minimum atomic E-state index is -6.44. The Balaban J connectivity index is 2.61. The number of benzene rings is 1. The summed E-state index contributed by atoms with van der Waals surface area (Å²) < 4.78 is 83.0. The second kappa shape index (κ2) is 7.76. The molecule has 0 radical (unpaired) electrons. The zero-order chi connectivity index (χ0) is 19.5. The molecule has 0 spiro atoms. The molecule has 0 bridgehead atoms. The first-order valence-electron chi connectivity index (χ1n) is 6.24. The van der Waals surface area contributed by atoms with Crippen LogP contribution in [0.15, 0.2) is 24.3 Å². The Bertz CT molecular complexity index is 611. The summed E-state index contributed by atoms with van der Waals surface area (Å²) in [5.41, 5.74) is -5.85. The van der Waals surface area contributed by atoms with Crippen LogP contribution in [0.5, 0.6) is 0 Å². The first-order chi connectivity index (χ1) is 11.3. The van der Waals surface area contributed by atoms with E-state index in [1.54, 1.807) is 12.1 Å². The van der Waals surface area contributed by atoms with E-state index in [1.807, 2.05) is 22.6 Å². The molecule has 0 saturated carbocycles. The van der Waals surface area contributed by atoms with Crippen LogP contribution in [0, 0.1) is 3.57 Å². The Kier molecular flexibility index (Phi) is 6.67. The van der Waals surface area contributed by atoms with Gasteiger partial charge in [-0.3, -0.25) is 4.79 Å². The van der Waals surface area contributed by atoms with Gasteiger partial charge >= 0.3 is 24.3 Å². The van der Waals surface area contributed by atoms with Crippen LogP contribution < -0.4 is 5.11 Å². The maximum Gasteiger partial charge on any atom is 0.399 e. The van der Waals surface area contributed by atoms with Crippen molar-refractivity contribution in [1.82, 2.24) is 0 Å². The van der Waals surface area contributed by atoms with Crippen molar-refractivity contribution in [2.45, 2.75) is 18.0 Å². The summed E-state index contributed by atoms with van der Waals surface area (Å²) in [6.45, 7) is -1.98. The van der Waals surface area contributed by atoms with Crippen molar-refractivity contribution in [1.29, 1.82) is 0 Å². The Labute approximate surface area is 150 Å². The van der Waals surface area contributed by atoms with Crippen molar-refractivity contribution >= 4 is 34.5 Å². The molecule has 0 atom stereocenters. The van der Waals surface area contributed by atoms with Gasteiger partial charge in [0.15, 0.2) is 5.60 Å². The molecule has 1 aromatic rings. The molecule has 0 aliphatic heterocycles. The molecule has 0 aliphatic carbocycles. The average molecular weight is 485 g/mol. The zero-order valence-electron chi connectivity index (χ0n) is 11.9. The summed E-state index contributed by atoms with van der Waals surface area (Å²) in [4.78, 5) is 22.5. The van der Waals surface area contributed by atoms with Gasteiger partial charge in [-0.05, 0) is 46.9 Å². The van der Waals surface area contributed by atoms with Gasteiger partial charge in [0.25, 0.3) is 0 Å². The number of hydrogen-bond acceptors (Lipinski definition) is 5. The largest absolute Gasteiger partial charge is 0.828 e. The standard InChI is InChI=1S/C13H8F6IO5/c14-12(15,16)11(23,13(17,18)19)10(22)25-6-5-24-9(21)7-1-3-8(20)4-2-7/h1-4H,5-6H2/q-1. The predicted octanol–water partition coefficient (Wildman–Crippen LogP) is 2.21. The smallest absolute Gasteiger partial charge is 0.399 e. The van der Waals surface area contributed by atoms with Gasteiger partial charge in [0.2, 0.25) is 0 Å². The van der Waals surface area contributed by atoms with Gasteiger partial charge in [0, 0.05) is 3.57 Å². The number of carbonyl (C=O) groups is 2. The maximum atomic E-state index is 12.3. The molecule has 1 rings (SSSR count). The van der Waals surface area contributed by atoms with Crippen molar-refractivity contribution in [2.24, 2.45) is 0 Å². The molecule has 12 heteroatoms. The molecule has 0 aromatic heterocycles. The van der Waals surface area contributed by atoms with Crippen LogP contribution in [0.2, 0.25) is 0 Å². The Hall–Kier alpha value is -1.57. The van der Waals surface area contributed by atoms with Gasteiger partial charge in [0.05, 0.1) is 5.56 Å². The van der Waals surface area contributed by atoms with Gasteiger partial charge < -0.3 is 14.6 Å². The van der Waals surface area contributed by atoms with Crippen LogP contribution in [0.3, 0.4) is 0 Å². The number of halogens is 7. The van der Waals surface area contributed by atoms with Gasteiger partial charge in [-0.2, -0.15) is 26.3 Å². The van der Waals surface area contributed by atoms with E-state index in [2.05, 4.69) is 9.47 Å². The molecule has 0 unspecified atom stereocenters. The molecule has 0 aliphatic rings. The van der Waals surface area contributed by atoms with Gasteiger partial charge in [-0.1, -0.05) is 0 Å². The molecular weight excluding hydrogens is 477 g/mol. The average Bonchev–Trinajstić information content (AvgIpc) is 2.48. The molecule has 0 saturated heterocycles. The van der Waals surface area contributed by atoms with Crippen molar-refractivity contribution < 1.29 is 50.5 Å². The molecule has 140 valence electrons. The zero-order valence-corrected chi connectivity index (χ0v) is 14.1. The summed E-state index contributed by atoms with van der Waals surface area (Å²) in [5, 5.41) is 11.0. The summed E-state index contributed by atoms with van der Waals surface area (Å²) >= 11 is 1.96. The van der Waals surface area contributed by atoms with Crippen LogP contribution in [0.1, 0.15) is 10.4 Å². The summed E-state index contributed by atoms with van der Waals surface area (Å²) in [7, 11) is 0. The SMILES string of the molecule is O=C(OCCOC(=O)C([O-])(C(F)(F)F)C(F)(F)F)c1ccc(I)cc1. The number of carbonyl (C=O) groups excluding carboxylic acids is 2. The van der Waals surface area contributed by atoms with E-state index in [9.17, 15) is 41.0 Å². The third kappa shape index (κ3) is 4.96. The van der Waals surface area contributed by atoms with Gasteiger partial charge in [-0.25, -0.2) is 4.79 Å². The number of hydrogen-bond donors (Lipinski definition) is 0. The Morgan fingerprint density at radius 2 is 1.36 bits per heavy atom. The molecule has 0 N–H and O–H groups in total. The predicted molar refractivity (Wildman–Crippen MR) is 75.2 cm³/mol. The van der Waals surface area contributed by atoms with Crippen molar-refractivity contribution in [3.8, 4) is 0 Å². The van der Waals surface area contributed by atoms with Crippen molar-refractivity contribution in [3.63, 3.8) is 0 Å². The van der Waals surface area contributed by atoms with E-state index >= 15 is 0 Å². The maximum absolute atomic E-state index is 12.3. The highest BCUT2D eigenvalue weighted by molar-refractivity contribution is 14.1. The molecule has 5 nitrogen and oxygen atoms in total. The first-order valence-corrected chi connectivity index (χ1v) is 7.32. The number of alkyl halides is 6. The van der Waals surface area contributed by atoms with Crippen LogP contribution in [-0.4, -0.2) is 43.1 Å². The quantitative estimate of drug-likeness (QED) is 0.277. The van der Waals surface area contributed by atoms with E-state index in [4.69, 9.17) is 0 Å². The minimum absolute atomic E-state index is 0.0653. The monoisotopic (exact) mass is 485 g/mol. The summed E-state index contributed by atoms with van der Waals surface area (Å²) in [6, 6.07) is 5.84. The summed E-state index contributed by atoms with van der Waals surface area (Å²) in [6.07, 6.45) is -12.9. The van der Waals surface area contributed by atoms with Crippen LogP contribution >= 0.6 is 22.6 Å². The molecule has 0 amide bonds. The third-order valence-corrected chi connectivity index (χ3v) is 3.43. The minimum Gasteiger partial charge on any atom is -0.828 e. The highest BCUT2D eigenvalue weighted by Crippen LogP contribution is 2.41. The second-order valence-corrected chi connectivity index (χ2v) is 5.70. The molecule has 1 aromatic carbocycles. The lowest BCUT2D eigenvalue weighted by atomic mass is 10.0. The molecule has 25 heavy (non-hydrogen) atoms.